The maximum Gasteiger partial charge on any atom is 0.268 e. The molecular weight excluding hydrogens is 312 g/mol. The third-order valence-corrected chi connectivity index (χ3v) is 3.92. The van der Waals surface area contributed by atoms with Crippen molar-refractivity contribution in [2.45, 2.75) is 6.42 Å². The average molecular weight is 328 g/mol. The molecular formula is C13H16N2O6S. The van der Waals surface area contributed by atoms with Gasteiger partial charge in [0, 0.05) is 0 Å². The lowest BCUT2D eigenvalue weighted by Crippen LogP contribution is -2.32. The summed E-state index contributed by atoms with van der Waals surface area (Å²) in [6.45, 7) is 0. The Morgan fingerprint density at radius 3 is 2.32 bits per heavy atom. The molecule has 0 unspecified atom stereocenters. The Morgan fingerprint density at radius 2 is 1.82 bits per heavy atom. The Kier molecular flexibility index (Phi) is 6.00. The number of nitrogens with zero attached hydrogens (tertiary/aromatic N) is 1. The van der Waals surface area contributed by atoms with Crippen LogP contribution in [0.2, 0.25) is 0 Å². The number of hydrogen-bond donors (Lipinski definition) is 1. The van der Waals surface area contributed by atoms with Crippen LogP contribution in [0, 0.1) is 11.3 Å². The van der Waals surface area contributed by atoms with E-state index in [2.05, 4.69) is 0 Å². The van der Waals surface area contributed by atoms with Gasteiger partial charge < -0.3 is 14.2 Å². The van der Waals surface area contributed by atoms with Crippen LogP contribution in [-0.2, 0) is 10.0 Å². The van der Waals surface area contributed by atoms with Gasteiger partial charge in [0.1, 0.15) is 0 Å². The van der Waals surface area contributed by atoms with Gasteiger partial charge in [-0.25, -0.2) is 13.1 Å². The molecule has 1 aromatic rings. The molecule has 0 bridgehead atoms. The molecule has 1 amide bonds. The normalized spacial score (nSPS) is 10.5. The largest absolute Gasteiger partial charge is 0.493 e. The second-order valence-electron chi connectivity index (χ2n) is 4.04. The number of rotatable bonds is 7. The lowest BCUT2D eigenvalue weighted by molar-refractivity contribution is 0.0977. The van der Waals surface area contributed by atoms with Gasteiger partial charge in [-0.3, -0.25) is 4.79 Å². The molecule has 9 heteroatoms. The van der Waals surface area contributed by atoms with Crippen LogP contribution >= 0.6 is 0 Å². The van der Waals surface area contributed by atoms with Crippen molar-refractivity contribution in [2.24, 2.45) is 0 Å². The van der Waals surface area contributed by atoms with Crippen LogP contribution in [0.4, 0.5) is 0 Å². The third-order valence-electron chi connectivity index (χ3n) is 2.68. The Labute approximate surface area is 128 Å². The van der Waals surface area contributed by atoms with Crippen molar-refractivity contribution in [2.75, 3.05) is 27.1 Å². The fraction of sp³-hybridized carbons (Fsp3) is 0.385. The highest BCUT2D eigenvalue weighted by atomic mass is 32.2. The van der Waals surface area contributed by atoms with Crippen LogP contribution in [-0.4, -0.2) is 41.4 Å². The number of nitriles is 1. The standard InChI is InChI=1S/C13H16N2O6S/c1-19-10-6-5-9(11(20-2)12(10)21-3)13(16)15-22(17,18)8-4-7-14/h5-6H,4,8H2,1-3H3,(H,15,16). The summed E-state index contributed by atoms with van der Waals surface area (Å²) < 4.78 is 40.5. The first kappa shape index (κ1) is 17.6. The molecule has 22 heavy (non-hydrogen) atoms. The van der Waals surface area contributed by atoms with Crippen molar-refractivity contribution in [3.63, 3.8) is 0 Å². The fourth-order valence-corrected chi connectivity index (χ4v) is 2.56. The molecule has 0 atom stereocenters. The molecule has 0 aliphatic heterocycles. The Bertz CT molecular complexity index is 693. The molecule has 0 aromatic heterocycles. The number of nitrogens with one attached hydrogen (secondary N) is 1. The van der Waals surface area contributed by atoms with E-state index in [1.54, 1.807) is 6.07 Å². The van der Waals surface area contributed by atoms with Gasteiger partial charge in [-0.05, 0) is 12.1 Å². The number of carbonyl (C=O) groups is 1. The maximum absolute atomic E-state index is 12.1. The van der Waals surface area contributed by atoms with Gasteiger partial charge in [0.25, 0.3) is 5.91 Å². The number of methoxy groups -OCH3 is 3. The van der Waals surface area contributed by atoms with Crippen molar-refractivity contribution in [3.05, 3.63) is 17.7 Å². The molecule has 0 aliphatic rings. The predicted octanol–water partition coefficient (Wildman–Crippen LogP) is 0.686. The molecule has 1 N–H and O–H groups in total. The number of benzene rings is 1. The lowest BCUT2D eigenvalue weighted by atomic mass is 10.1. The number of ether oxygens (including phenoxy) is 3. The zero-order valence-electron chi connectivity index (χ0n) is 12.4. The van der Waals surface area contributed by atoms with Crippen molar-refractivity contribution in [1.82, 2.24) is 4.72 Å². The van der Waals surface area contributed by atoms with Crippen LogP contribution in [0.1, 0.15) is 16.8 Å². The van der Waals surface area contributed by atoms with Gasteiger partial charge in [0.15, 0.2) is 11.5 Å². The van der Waals surface area contributed by atoms with E-state index in [-0.39, 0.29) is 23.5 Å². The van der Waals surface area contributed by atoms with Crippen molar-refractivity contribution in [3.8, 4) is 23.3 Å². The molecule has 1 rings (SSSR count). The van der Waals surface area contributed by atoms with E-state index in [1.807, 2.05) is 4.72 Å². The summed E-state index contributed by atoms with van der Waals surface area (Å²) in [5.74, 6) is -0.786. The minimum Gasteiger partial charge on any atom is -0.493 e. The number of sulfonamides is 1. The van der Waals surface area contributed by atoms with E-state index in [9.17, 15) is 13.2 Å². The highest BCUT2D eigenvalue weighted by Crippen LogP contribution is 2.39. The lowest BCUT2D eigenvalue weighted by Gasteiger charge is -2.15. The second kappa shape index (κ2) is 7.51. The molecule has 8 nitrogen and oxygen atoms in total. The van der Waals surface area contributed by atoms with Crippen molar-refractivity contribution >= 4 is 15.9 Å². The SMILES string of the molecule is COc1ccc(C(=O)NS(=O)(=O)CCC#N)c(OC)c1OC. The Hall–Kier alpha value is -2.47. The second-order valence-corrected chi connectivity index (χ2v) is 5.88. The van der Waals surface area contributed by atoms with E-state index >= 15 is 0 Å². The topological polar surface area (TPSA) is 115 Å². The van der Waals surface area contributed by atoms with Crippen LogP contribution in [0.15, 0.2) is 12.1 Å². The van der Waals surface area contributed by atoms with E-state index in [1.165, 1.54) is 33.5 Å². The fourth-order valence-electron chi connectivity index (χ4n) is 1.71. The number of amides is 1. The van der Waals surface area contributed by atoms with Gasteiger partial charge in [-0.15, -0.1) is 0 Å². The van der Waals surface area contributed by atoms with Gasteiger partial charge in [0.2, 0.25) is 15.8 Å². The third kappa shape index (κ3) is 4.02. The van der Waals surface area contributed by atoms with Gasteiger partial charge in [0.05, 0.1) is 45.1 Å². The summed E-state index contributed by atoms with van der Waals surface area (Å²) in [5, 5.41) is 8.41. The van der Waals surface area contributed by atoms with E-state index in [0.717, 1.165) is 0 Å². The number of carbonyl (C=O) groups excluding carboxylic acids is 1. The summed E-state index contributed by atoms with van der Waals surface area (Å²) in [5.41, 5.74) is -0.0271. The molecule has 0 heterocycles. The summed E-state index contributed by atoms with van der Waals surface area (Å²) in [7, 11) is 0.204. The first-order valence-electron chi connectivity index (χ1n) is 6.11. The highest BCUT2D eigenvalue weighted by Gasteiger charge is 2.23. The van der Waals surface area contributed by atoms with Gasteiger partial charge in [-0.1, -0.05) is 0 Å². The predicted molar refractivity (Wildman–Crippen MR) is 77.6 cm³/mol. The number of hydrogen-bond acceptors (Lipinski definition) is 7. The maximum atomic E-state index is 12.1. The first-order chi connectivity index (χ1) is 10.4. The summed E-state index contributed by atoms with van der Waals surface area (Å²) in [4.78, 5) is 12.1. The smallest absolute Gasteiger partial charge is 0.268 e. The quantitative estimate of drug-likeness (QED) is 0.782. The Balaban J connectivity index is 3.17. The summed E-state index contributed by atoms with van der Waals surface area (Å²) in [6, 6.07) is 4.51. The summed E-state index contributed by atoms with van der Waals surface area (Å²) in [6.07, 6.45) is -0.217. The van der Waals surface area contributed by atoms with Crippen molar-refractivity contribution < 1.29 is 27.4 Å². The molecule has 0 radical (unpaired) electrons. The molecule has 120 valence electrons. The summed E-state index contributed by atoms with van der Waals surface area (Å²) >= 11 is 0. The Morgan fingerprint density at radius 1 is 1.18 bits per heavy atom. The first-order valence-corrected chi connectivity index (χ1v) is 7.76. The highest BCUT2D eigenvalue weighted by molar-refractivity contribution is 7.90. The zero-order chi connectivity index (χ0) is 16.8. The van der Waals surface area contributed by atoms with Gasteiger partial charge in [-0.2, -0.15) is 5.26 Å². The molecule has 0 spiro atoms. The monoisotopic (exact) mass is 328 g/mol. The molecule has 1 aromatic carbocycles. The molecule has 0 saturated heterocycles. The molecule has 0 fully saturated rings. The van der Waals surface area contributed by atoms with Crippen LogP contribution in [0.5, 0.6) is 17.2 Å². The van der Waals surface area contributed by atoms with Crippen LogP contribution in [0.3, 0.4) is 0 Å². The van der Waals surface area contributed by atoms with Gasteiger partial charge >= 0.3 is 0 Å². The average Bonchev–Trinajstić information content (AvgIpc) is 2.50. The van der Waals surface area contributed by atoms with E-state index < -0.39 is 21.7 Å². The molecule has 0 saturated carbocycles. The van der Waals surface area contributed by atoms with Crippen molar-refractivity contribution in [1.29, 1.82) is 5.26 Å². The van der Waals surface area contributed by atoms with Crippen LogP contribution in [0.25, 0.3) is 0 Å². The van der Waals surface area contributed by atoms with Crippen LogP contribution < -0.4 is 18.9 Å². The molecule has 0 aliphatic carbocycles. The zero-order valence-corrected chi connectivity index (χ0v) is 13.2. The minimum absolute atomic E-state index is 0.0271. The van der Waals surface area contributed by atoms with E-state index in [0.29, 0.717) is 5.75 Å². The van der Waals surface area contributed by atoms with E-state index in [4.69, 9.17) is 19.5 Å². The minimum atomic E-state index is -3.90.